The first-order valence-electron chi connectivity index (χ1n) is 7.86. The molecular weight excluding hydrogens is 352 g/mol. The average Bonchev–Trinajstić information content (AvgIpc) is 2.64. The Hall–Kier alpha value is -3.12. The number of rotatable bonds is 5. The van der Waals surface area contributed by atoms with Crippen LogP contribution in [0.4, 0.5) is 17.3 Å². The van der Waals surface area contributed by atoms with Gasteiger partial charge in [-0.25, -0.2) is 9.97 Å². The number of aryl methyl sites for hydroxylation is 1. The average molecular weight is 369 g/mol. The molecule has 0 radical (unpaired) electrons. The summed E-state index contributed by atoms with van der Waals surface area (Å²) in [5, 5.41) is 6.31. The highest BCUT2D eigenvalue weighted by Gasteiger charge is 2.08. The van der Waals surface area contributed by atoms with Crippen LogP contribution in [0.5, 0.6) is 5.75 Å². The third kappa shape index (κ3) is 4.29. The lowest BCUT2D eigenvalue weighted by Crippen LogP contribution is -2.13. The van der Waals surface area contributed by atoms with Crippen LogP contribution in [0.1, 0.15) is 15.9 Å². The van der Waals surface area contributed by atoms with E-state index in [4.69, 9.17) is 16.3 Å². The van der Waals surface area contributed by atoms with Gasteiger partial charge in [0.25, 0.3) is 5.91 Å². The quantitative estimate of drug-likeness (QED) is 0.696. The van der Waals surface area contributed by atoms with Gasteiger partial charge in [-0.2, -0.15) is 0 Å². The van der Waals surface area contributed by atoms with E-state index in [1.54, 1.807) is 25.3 Å². The molecule has 1 heterocycles. The van der Waals surface area contributed by atoms with E-state index in [2.05, 4.69) is 20.6 Å². The van der Waals surface area contributed by atoms with Gasteiger partial charge in [0.1, 0.15) is 5.75 Å². The highest BCUT2D eigenvalue weighted by molar-refractivity contribution is 6.32. The second-order valence-electron chi connectivity index (χ2n) is 5.59. The van der Waals surface area contributed by atoms with Crippen LogP contribution >= 0.6 is 11.6 Å². The van der Waals surface area contributed by atoms with Crippen LogP contribution in [0, 0.1) is 6.92 Å². The van der Waals surface area contributed by atoms with Gasteiger partial charge < -0.3 is 15.4 Å². The molecular formula is C19H17ClN4O2. The minimum atomic E-state index is -0.270. The van der Waals surface area contributed by atoms with E-state index in [1.165, 1.54) is 12.4 Å². The van der Waals surface area contributed by atoms with Crippen LogP contribution in [0.2, 0.25) is 5.02 Å². The van der Waals surface area contributed by atoms with Crippen molar-refractivity contribution in [3.8, 4) is 5.75 Å². The van der Waals surface area contributed by atoms with Crippen molar-refractivity contribution in [3.05, 3.63) is 71.0 Å². The fourth-order valence-electron chi connectivity index (χ4n) is 2.22. The van der Waals surface area contributed by atoms with Crippen LogP contribution in [0.15, 0.2) is 54.9 Å². The smallest absolute Gasteiger partial charge is 0.258 e. The Bertz CT molecular complexity index is 912. The summed E-state index contributed by atoms with van der Waals surface area (Å²) in [6.07, 6.45) is 2.92. The highest BCUT2D eigenvalue weighted by atomic mass is 35.5. The molecule has 0 saturated carbocycles. The summed E-state index contributed by atoms with van der Waals surface area (Å²) in [5.74, 6) is 0.673. The van der Waals surface area contributed by atoms with E-state index < -0.39 is 0 Å². The molecule has 0 fully saturated rings. The van der Waals surface area contributed by atoms with Crippen LogP contribution in [0.3, 0.4) is 0 Å². The first-order valence-corrected chi connectivity index (χ1v) is 8.23. The minimum Gasteiger partial charge on any atom is -0.495 e. The summed E-state index contributed by atoms with van der Waals surface area (Å²) in [5.41, 5.74) is 2.92. The summed E-state index contributed by atoms with van der Waals surface area (Å²) in [7, 11) is 1.55. The second-order valence-corrected chi connectivity index (χ2v) is 6.00. The number of ether oxygens (including phenoxy) is 1. The van der Waals surface area contributed by atoms with E-state index >= 15 is 0 Å². The second kappa shape index (κ2) is 7.84. The Morgan fingerprint density at radius 3 is 2.31 bits per heavy atom. The predicted octanol–water partition coefficient (Wildman–Crippen LogP) is 4.44. The first kappa shape index (κ1) is 17.7. The van der Waals surface area contributed by atoms with Crippen LogP contribution < -0.4 is 15.4 Å². The van der Waals surface area contributed by atoms with Crippen molar-refractivity contribution in [2.24, 2.45) is 0 Å². The number of aromatic nitrogens is 2. The Balaban J connectivity index is 1.67. The lowest BCUT2D eigenvalue weighted by Gasteiger charge is -2.08. The van der Waals surface area contributed by atoms with Gasteiger partial charge in [0.2, 0.25) is 5.95 Å². The molecule has 0 spiro atoms. The number of carbonyl (C=O) groups excluding carboxylic acids is 1. The zero-order chi connectivity index (χ0) is 18.5. The van der Waals surface area contributed by atoms with Crippen molar-refractivity contribution >= 4 is 34.8 Å². The van der Waals surface area contributed by atoms with E-state index in [0.29, 0.717) is 28.0 Å². The molecule has 2 aromatic carbocycles. The van der Waals surface area contributed by atoms with Crippen LogP contribution in [-0.2, 0) is 0 Å². The van der Waals surface area contributed by atoms with Crippen molar-refractivity contribution in [2.75, 3.05) is 17.7 Å². The van der Waals surface area contributed by atoms with Gasteiger partial charge in [0.15, 0.2) is 0 Å². The number of halogens is 1. The van der Waals surface area contributed by atoms with Gasteiger partial charge in [-0.3, -0.25) is 4.79 Å². The molecule has 2 N–H and O–H groups in total. The van der Waals surface area contributed by atoms with E-state index in [9.17, 15) is 4.79 Å². The summed E-state index contributed by atoms with van der Waals surface area (Å²) in [6, 6.07) is 12.8. The van der Waals surface area contributed by atoms with Crippen LogP contribution in [0.25, 0.3) is 0 Å². The van der Waals surface area contributed by atoms with E-state index in [-0.39, 0.29) is 5.91 Å². The molecule has 7 heteroatoms. The summed E-state index contributed by atoms with van der Waals surface area (Å²) >= 11 is 6.09. The first-order chi connectivity index (χ1) is 12.5. The number of nitrogens with one attached hydrogen (secondary N) is 2. The SMILES string of the molecule is COc1ccc(Nc2ncc(C(=O)Nc3ccc(C)cc3)cn2)cc1Cl. The van der Waals surface area contributed by atoms with Crippen molar-refractivity contribution in [1.82, 2.24) is 9.97 Å². The Morgan fingerprint density at radius 2 is 1.69 bits per heavy atom. The van der Waals surface area contributed by atoms with Gasteiger partial charge >= 0.3 is 0 Å². The topological polar surface area (TPSA) is 76.1 Å². The van der Waals surface area contributed by atoms with E-state index in [0.717, 1.165) is 11.3 Å². The maximum absolute atomic E-state index is 12.2. The normalized spacial score (nSPS) is 10.3. The van der Waals surface area contributed by atoms with Gasteiger partial charge in [0.05, 0.1) is 17.7 Å². The number of anilines is 3. The molecule has 3 aromatic rings. The fourth-order valence-corrected chi connectivity index (χ4v) is 2.48. The number of nitrogens with zero attached hydrogens (tertiary/aromatic N) is 2. The number of amides is 1. The summed E-state index contributed by atoms with van der Waals surface area (Å²) in [4.78, 5) is 20.6. The lowest BCUT2D eigenvalue weighted by molar-refractivity contribution is 0.102. The van der Waals surface area contributed by atoms with Gasteiger partial charge in [-0.15, -0.1) is 0 Å². The zero-order valence-corrected chi connectivity index (χ0v) is 15.0. The van der Waals surface area contributed by atoms with Gasteiger partial charge in [-0.1, -0.05) is 29.3 Å². The Kier molecular flexibility index (Phi) is 5.34. The maximum Gasteiger partial charge on any atom is 0.258 e. The molecule has 1 amide bonds. The molecule has 0 aliphatic heterocycles. The monoisotopic (exact) mass is 368 g/mol. The molecule has 0 unspecified atom stereocenters. The van der Waals surface area contributed by atoms with Gasteiger partial charge in [-0.05, 0) is 37.3 Å². The summed E-state index contributed by atoms with van der Waals surface area (Å²) in [6.45, 7) is 1.99. The fraction of sp³-hybridized carbons (Fsp3) is 0.105. The Labute approximate surface area is 156 Å². The van der Waals surface area contributed by atoms with E-state index in [1.807, 2.05) is 31.2 Å². The van der Waals surface area contributed by atoms with Crippen molar-refractivity contribution < 1.29 is 9.53 Å². The molecule has 0 saturated heterocycles. The van der Waals surface area contributed by atoms with Crippen molar-refractivity contribution in [2.45, 2.75) is 6.92 Å². The molecule has 0 aliphatic carbocycles. The summed E-state index contributed by atoms with van der Waals surface area (Å²) < 4.78 is 5.11. The van der Waals surface area contributed by atoms with Gasteiger partial charge in [0, 0.05) is 23.8 Å². The van der Waals surface area contributed by atoms with Crippen LogP contribution in [-0.4, -0.2) is 23.0 Å². The third-order valence-corrected chi connectivity index (χ3v) is 3.93. The predicted molar refractivity (Wildman–Crippen MR) is 102 cm³/mol. The molecule has 0 bridgehead atoms. The molecule has 1 aromatic heterocycles. The molecule has 0 aliphatic rings. The maximum atomic E-state index is 12.2. The third-order valence-electron chi connectivity index (χ3n) is 3.63. The van der Waals surface area contributed by atoms with Crippen molar-refractivity contribution in [1.29, 1.82) is 0 Å². The Morgan fingerprint density at radius 1 is 1.04 bits per heavy atom. The number of carbonyl (C=O) groups is 1. The van der Waals surface area contributed by atoms with Crippen molar-refractivity contribution in [3.63, 3.8) is 0 Å². The molecule has 6 nitrogen and oxygen atoms in total. The standard InChI is InChI=1S/C19H17ClN4O2/c1-12-3-5-14(6-4-12)23-18(25)13-10-21-19(22-11-13)24-15-7-8-17(26-2)16(20)9-15/h3-11H,1-2H3,(H,23,25)(H,21,22,24). The number of hydrogen-bond acceptors (Lipinski definition) is 5. The minimum absolute atomic E-state index is 0.270. The highest BCUT2D eigenvalue weighted by Crippen LogP contribution is 2.28. The number of benzene rings is 2. The largest absolute Gasteiger partial charge is 0.495 e. The molecule has 3 rings (SSSR count). The molecule has 26 heavy (non-hydrogen) atoms. The zero-order valence-electron chi connectivity index (χ0n) is 14.3. The number of hydrogen-bond donors (Lipinski definition) is 2. The lowest BCUT2D eigenvalue weighted by atomic mass is 10.2. The number of methoxy groups -OCH3 is 1. The molecule has 132 valence electrons. The molecule has 0 atom stereocenters.